The predicted octanol–water partition coefficient (Wildman–Crippen LogP) is 1.59. The lowest BCUT2D eigenvalue weighted by molar-refractivity contribution is 0.341. The monoisotopic (exact) mass is 282 g/mol. The van der Waals surface area contributed by atoms with Crippen molar-refractivity contribution in [3.63, 3.8) is 0 Å². The Morgan fingerprint density at radius 3 is 2.68 bits per heavy atom. The number of nitrogens with one attached hydrogen (secondary N) is 1. The molecule has 0 spiro atoms. The lowest BCUT2D eigenvalue weighted by Crippen LogP contribution is -2.38. The first kappa shape index (κ1) is 14.5. The van der Waals surface area contributed by atoms with E-state index in [0.717, 1.165) is 37.9 Å². The number of hydrogen-bond acceptors (Lipinski definition) is 3. The van der Waals surface area contributed by atoms with E-state index in [2.05, 4.69) is 5.32 Å². The molecule has 1 N–H and O–H groups in total. The average Bonchev–Trinajstić information content (AvgIpc) is 2.67. The van der Waals surface area contributed by atoms with Gasteiger partial charge in [-0.3, -0.25) is 0 Å². The second kappa shape index (κ2) is 6.50. The van der Waals surface area contributed by atoms with Crippen LogP contribution in [0.4, 0.5) is 0 Å². The number of nitrogens with zero attached hydrogens (tertiary/aromatic N) is 1. The number of hydrogen-bond donors (Lipinski definition) is 1. The molecule has 1 heterocycles. The third-order valence-electron chi connectivity index (χ3n) is 3.69. The quantitative estimate of drug-likeness (QED) is 0.912. The summed E-state index contributed by atoms with van der Waals surface area (Å²) in [5.41, 5.74) is 0.848. The molecule has 1 aliphatic heterocycles. The molecule has 1 aromatic carbocycles. The normalized spacial score (nSPS) is 21.3. The van der Waals surface area contributed by atoms with Gasteiger partial charge in [0, 0.05) is 13.1 Å². The first-order chi connectivity index (χ1) is 9.09. The van der Waals surface area contributed by atoms with Crippen molar-refractivity contribution in [2.45, 2.75) is 31.1 Å². The maximum Gasteiger partial charge on any atom is 0.218 e. The van der Waals surface area contributed by atoms with Gasteiger partial charge in [0.1, 0.15) is 0 Å². The molecular formula is C14H22N2O2S. The van der Waals surface area contributed by atoms with Gasteiger partial charge in [0.15, 0.2) is 0 Å². The van der Waals surface area contributed by atoms with Crippen LogP contribution < -0.4 is 5.32 Å². The summed E-state index contributed by atoms with van der Waals surface area (Å²) in [5.74, 6) is 0.0915. The van der Waals surface area contributed by atoms with E-state index in [1.807, 2.05) is 30.3 Å². The molecule has 106 valence electrons. The maximum absolute atomic E-state index is 12.4. The molecule has 1 aliphatic rings. The van der Waals surface area contributed by atoms with Crippen molar-refractivity contribution in [2.24, 2.45) is 0 Å². The van der Waals surface area contributed by atoms with Gasteiger partial charge < -0.3 is 5.32 Å². The Balaban J connectivity index is 2.05. The van der Waals surface area contributed by atoms with Crippen molar-refractivity contribution in [2.75, 3.05) is 20.1 Å². The van der Waals surface area contributed by atoms with Crippen LogP contribution in [0.3, 0.4) is 0 Å². The maximum atomic E-state index is 12.4. The van der Waals surface area contributed by atoms with E-state index in [-0.39, 0.29) is 11.8 Å². The highest BCUT2D eigenvalue weighted by Crippen LogP contribution is 2.18. The molecule has 5 heteroatoms. The molecule has 0 saturated carbocycles. The molecule has 0 amide bonds. The van der Waals surface area contributed by atoms with E-state index < -0.39 is 10.0 Å². The molecule has 4 nitrogen and oxygen atoms in total. The third-order valence-corrected chi connectivity index (χ3v) is 5.56. The molecule has 0 aliphatic carbocycles. The summed E-state index contributed by atoms with van der Waals surface area (Å²) in [7, 11) is -1.51. The second-order valence-electron chi connectivity index (χ2n) is 5.09. The van der Waals surface area contributed by atoms with Gasteiger partial charge >= 0.3 is 0 Å². The predicted molar refractivity (Wildman–Crippen MR) is 77.3 cm³/mol. The summed E-state index contributed by atoms with van der Waals surface area (Å²) < 4.78 is 26.4. The van der Waals surface area contributed by atoms with Gasteiger partial charge in [-0.1, -0.05) is 30.3 Å². The van der Waals surface area contributed by atoms with Crippen LogP contribution >= 0.6 is 0 Å². The van der Waals surface area contributed by atoms with E-state index >= 15 is 0 Å². The Morgan fingerprint density at radius 1 is 1.21 bits per heavy atom. The van der Waals surface area contributed by atoms with Crippen LogP contribution in [0.1, 0.15) is 24.8 Å². The van der Waals surface area contributed by atoms with Crippen LogP contribution in [0.2, 0.25) is 0 Å². The van der Waals surface area contributed by atoms with E-state index in [9.17, 15) is 8.42 Å². The van der Waals surface area contributed by atoms with E-state index in [4.69, 9.17) is 0 Å². The highest BCUT2D eigenvalue weighted by molar-refractivity contribution is 7.88. The lowest BCUT2D eigenvalue weighted by atomic mass is 10.1. The van der Waals surface area contributed by atoms with Gasteiger partial charge in [0.2, 0.25) is 10.0 Å². The minimum absolute atomic E-state index is 0.0915. The van der Waals surface area contributed by atoms with Crippen molar-refractivity contribution in [1.29, 1.82) is 0 Å². The van der Waals surface area contributed by atoms with Crippen LogP contribution in [0.15, 0.2) is 30.3 Å². The second-order valence-corrected chi connectivity index (χ2v) is 7.12. The van der Waals surface area contributed by atoms with Crippen molar-refractivity contribution in [1.82, 2.24) is 9.62 Å². The fourth-order valence-electron chi connectivity index (χ4n) is 2.48. The molecule has 1 aromatic rings. The minimum Gasteiger partial charge on any atom is -0.317 e. The minimum atomic E-state index is -3.22. The molecule has 1 fully saturated rings. The zero-order valence-electron chi connectivity index (χ0n) is 11.4. The molecule has 0 bridgehead atoms. The molecule has 0 aromatic heterocycles. The highest BCUT2D eigenvalue weighted by Gasteiger charge is 2.26. The summed E-state index contributed by atoms with van der Waals surface area (Å²) in [4.78, 5) is 0. The summed E-state index contributed by atoms with van der Waals surface area (Å²) >= 11 is 0. The largest absolute Gasteiger partial charge is 0.317 e. The molecule has 0 radical (unpaired) electrons. The number of sulfonamides is 1. The summed E-state index contributed by atoms with van der Waals surface area (Å²) in [6, 6.07) is 9.50. The van der Waals surface area contributed by atoms with Crippen molar-refractivity contribution in [3.8, 4) is 0 Å². The lowest BCUT2D eigenvalue weighted by Gasteiger charge is -2.26. The van der Waals surface area contributed by atoms with E-state index in [1.54, 1.807) is 11.4 Å². The van der Waals surface area contributed by atoms with Crippen molar-refractivity contribution >= 4 is 10.0 Å². The number of benzene rings is 1. The molecule has 1 atom stereocenters. The van der Waals surface area contributed by atoms with Crippen molar-refractivity contribution in [3.05, 3.63) is 35.9 Å². The summed E-state index contributed by atoms with van der Waals surface area (Å²) in [6.45, 7) is 1.89. The van der Waals surface area contributed by atoms with Crippen LogP contribution in [0.25, 0.3) is 0 Å². The topological polar surface area (TPSA) is 49.4 Å². The first-order valence-corrected chi connectivity index (χ1v) is 8.41. The summed E-state index contributed by atoms with van der Waals surface area (Å²) in [5, 5.41) is 3.31. The van der Waals surface area contributed by atoms with E-state index in [1.165, 1.54) is 0 Å². The van der Waals surface area contributed by atoms with Crippen LogP contribution in [0, 0.1) is 0 Å². The Morgan fingerprint density at radius 2 is 1.95 bits per heavy atom. The third kappa shape index (κ3) is 4.03. The van der Waals surface area contributed by atoms with Gasteiger partial charge in [-0.05, 0) is 37.9 Å². The smallest absolute Gasteiger partial charge is 0.218 e. The van der Waals surface area contributed by atoms with Crippen LogP contribution in [-0.2, 0) is 15.8 Å². The molecule has 2 rings (SSSR count). The van der Waals surface area contributed by atoms with Crippen molar-refractivity contribution < 1.29 is 8.42 Å². The highest BCUT2D eigenvalue weighted by atomic mass is 32.2. The number of rotatable bonds is 4. The molecule has 1 saturated heterocycles. The van der Waals surface area contributed by atoms with Crippen LogP contribution in [-0.4, -0.2) is 38.9 Å². The van der Waals surface area contributed by atoms with Gasteiger partial charge in [0.25, 0.3) is 0 Å². The van der Waals surface area contributed by atoms with Gasteiger partial charge in [-0.25, -0.2) is 12.7 Å². The van der Waals surface area contributed by atoms with Gasteiger partial charge in [0.05, 0.1) is 5.75 Å². The Hall–Kier alpha value is -0.910. The molecular weight excluding hydrogens is 260 g/mol. The Kier molecular flexibility index (Phi) is 4.96. The van der Waals surface area contributed by atoms with Crippen LogP contribution in [0.5, 0.6) is 0 Å². The van der Waals surface area contributed by atoms with E-state index in [0.29, 0.717) is 0 Å². The standard InChI is InChI=1S/C14H22N2O2S/c1-16(14-8-5-10-15-11-9-14)19(17,18)12-13-6-3-2-4-7-13/h2-4,6-7,14-15H,5,8-12H2,1H3/t14-/m0/s1. The molecule has 19 heavy (non-hydrogen) atoms. The zero-order valence-corrected chi connectivity index (χ0v) is 12.2. The SMILES string of the molecule is CN([C@H]1CCCNCC1)S(=O)(=O)Cc1ccccc1. The first-order valence-electron chi connectivity index (χ1n) is 6.80. The van der Waals surface area contributed by atoms with Gasteiger partial charge in [-0.2, -0.15) is 0 Å². The zero-order chi connectivity index (χ0) is 13.7. The average molecular weight is 282 g/mol. The fraction of sp³-hybridized carbons (Fsp3) is 0.571. The fourth-order valence-corrected chi connectivity index (χ4v) is 3.96. The Bertz CT molecular complexity index is 479. The molecule has 0 unspecified atom stereocenters. The van der Waals surface area contributed by atoms with Gasteiger partial charge in [-0.15, -0.1) is 0 Å². The Labute approximate surface area is 115 Å². The summed E-state index contributed by atoms with van der Waals surface area (Å²) in [6.07, 6.45) is 2.87.